The summed E-state index contributed by atoms with van der Waals surface area (Å²) in [4.78, 5) is 12.5. The van der Waals surface area contributed by atoms with Crippen LogP contribution < -0.4 is 11.1 Å². The Morgan fingerprint density at radius 3 is 2.62 bits per heavy atom. The van der Waals surface area contributed by atoms with Gasteiger partial charge in [0.25, 0.3) is 5.91 Å². The van der Waals surface area contributed by atoms with Crippen LogP contribution in [-0.4, -0.2) is 18.6 Å². The van der Waals surface area contributed by atoms with Gasteiger partial charge in [0, 0.05) is 17.1 Å². The third-order valence-corrected chi connectivity index (χ3v) is 2.94. The lowest BCUT2D eigenvalue weighted by Gasteiger charge is -2.06. The maximum atomic E-state index is 11.8. The molecule has 0 unspecified atom stereocenters. The van der Waals surface area contributed by atoms with Gasteiger partial charge in [0.05, 0.1) is 11.3 Å². The van der Waals surface area contributed by atoms with E-state index in [1.54, 1.807) is 6.92 Å². The molecule has 0 saturated carbocycles. The molecule has 1 rings (SSSR count). The highest BCUT2D eigenvalue weighted by Gasteiger charge is 2.26. The third-order valence-electron chi connectivity index (χ3n) is 1.87. The lowest BCUT2D eigenvalue weighted by Crippen LogP contribution is -2.27. The number of aryl methyl sites for hydroxylation is 1. The molecule has 0 bridgehead atoms. The molecule has 0 aliphatic heterocycles. The van der Waals surface area contributed by atoms with Gasteiger partial charge in [-0.15, -0.1) is 11.3 Å². The van der Waals surface area contributed by atoms with Crippen LogP contribution in [0.5, 0.6) is 0 Å². The number of nitrogen functional groups attached to an aromatic ring is 1. The van der Waals surface area contributed by atoms with Crippen LogP contribution in [-0.2, 0) is 0 Å². The van der Waals surface area contributed by atoms with Crippen molar-refractivity contribution < 1.29 is 18.0 Å². The highest BCUT2D eigenvalue weighted by atomic mass is 32.1. The number of rotatable bonds is 3. The Morgan fingerprint density at radius 2 is 2.19 bits per heavy atom. The molecule has 1 aromatic heterocycles. The van der Waals surface area contributed by atoms with Crippen molar-refractivity contribution in [2.75, 3.05) is 12.3 Å². The molecule has 0 radical (unpaired) electrons. The topological polar surface area (TPSA) is 55.1 Å². The van der Waals surface area contributed by atoms with E-state index in [9.17, 15) is 18.0 Å². The predicted molar refractivity (Wildman–Crippen MR) is 56.5 cm³/mol. The molecule has 3 N–H and O–H groups in total. The number of hydrogen-bond acceptors (Lipinski definition) is 3. The molecule has 7 heteroatoms. The van der Waals surface area contributed by atoms with E-state index in [1.165, 1.54) is 6.07 Å². The minimum Gasteiger partial charge on any atom is -0.398 e. The van der Waals surface area contributed by atoms with Gasteiger partial charge in [0.2, 0.25) is 0 Å². The van der Waals surface area contributed by atoms with Crippen molar-refractivity contribution in [1.29, 1.82) is 0 Å². The predicted octanol–water partition coefficient (Wildman–Crippen LogP) is 2.32. The highest BCUT2D eigenvalue weighted by Crippen LogP contribution is 2.23. The second-order valence-electron chi connectivity index (χ2n) is 3.24. The second kappa shape index (κ2) is 4.73. The zero-order chi connectivity index (χ0) is 12.3. The molecule has 0 aromatic carbocycles. The van der Waals surface area contributed by atoms with Gasteiger partial charge >= 0.3 is 6.18 Å². The molecule has 0 fully saturated rings. The summed E-state index contributed by atoms with van der Waals surface area (Å²) in [6, 6.07) is 1.46. The molecule has 0 aliphatic carbocycles. The summed E-state index contributed by atoms with van der Waals surface area (Å²) < 4.78 is 35.4. The average Bonchev–Trinajstić information content (AvgIpc) is 2.45. The quantitative estimate of drug-likeness (QED) is 0.867. The van der Waals surface area contributed by atoms with Crippen molar-refractivity contribution in [2.24, 2.45) is 0 Å². The molecule has 1 aromatic rings. The maximum Gasteiger partial charge on any atom is 0.390 e. The number of thiophene rings is 1. The fourth-order valence-corrected chi connectivity index (χ4v) is 1.87. The summed E-state index contributed by atoms with van der Waals surface area (Å²) >= 11 is 1.16. The first kappa shape index (κ1) is 12.8. The van der Waals surface area contributed by atoms with Gasteiger partial charge in [-0.1, -0.05) is 0 Å². The van der Waals surface area contributed by atoms with Crippen LogP contribution in [0.4, 0.5) is 18.9 Å². The van der Waals surface area contributed by atoms with Gasteiger partial charge in [-0.3, -0.25) is 4.79 Å². The standard InChI is InChI=1S/C9H11F3N2OS/c1-5-6(13)4-7(16-5)8(15)14-3-2-9(10,11)12/h4H,2-3,13H2,1H3,(H,14,15). The molecule has 1 heterocycles. The van der Waals surface area contributed by atoms with Gasteiger partial charge in [-0.05, 0) is 13.0 Å². The fourth-order valence-electron chi connectivity index (χ4n) is 1.01. The Kier molecular flexibility index (Phi) is 3.79. The van der Waals surface area contributed by atoms with Crippen LogP contribution in [0.3, 0.4) is 0 Å². The van der Waals surface area contributed by atoms with Crippen molar-refractivity contribution in [3.05, 3.63) is 15.8 Å². The van der Waals surface area contributed by atoms with Gasteiger partial charge in [0.1, 0.15) is 0 Å². The summed E-state index contributed by atoms with van der Waals surface area (Å²) in [6.45, 7) is 1.33. The van der Waals surface area contributed by atoms with Gasteiger partial charge in [-0.25, -0.2) is 0 Å². The molecule has 16 heavy (non-hydrogen) atoms. The number of carbonyl (C=O) groups is 1. The number of carbonyl (C=O) groups excluding carboxylic acids is 1. The van der Waals surface area contributed by atoms with Crippen molar-refractivity contribution in [3.8, 4) is 0 Å². The van der Waals surface area contributed by atoms with E-state index in [-0.39, 0.29) is 0 Å². The fraction of sp³-hybridized carbons (Fsp3) is 0.444. The van der Waals surface area contributed by atoms with Crippen LogP contribution in [0.15, 0.2) is 6.07 Å². The number of halogens is 3. The normalized spacial score (nSPS) is 11.5. The summed E-state index contributed by atoms with van der Waals surface area (Å²) in [5.41, 5.74) is 6.00. The van der Waals surface area contributed by atoms with E-state index >= 15 is 0 Å². The summed E-state index contributed by atoms with van der Waals surface area (Å²) in [7, 11) is 0. The number of nitrogens with two attached hydrogens (primary N) is 1. The maximum absolute atomic E-state index is 11.8. The zero-order valence-corrected chi connectivity index (χ0v) is 9.34. The van der Waals surface area contributed by atoms with E-state index in [0.29, 0.717) is 10.6 Å². The Hall–Kier alpha value is -1.24. The Bertz CT molecular complexity index is 367. The number of hydrogen-bond donors (Lipinski definition) is 2. The molecular weight excluding hydrogens is 241 g/mol. The SMILES string of the molecule is Cc1sc(C(=O)NCCC(F)(F)F)cc1N. The first-order valence-electron chi connectivity index (χ1n) is 4.50. The van der Waals surface area contributed by atoms with E-state index in [4.69, 9.17) is 5.73 Å². The number of anilines is 1. The molecule has 3 nitrogen and oxygen atoms in total. The van der Waals surface area contributed by atoms with Gasteiger partial charge < -0.3 is 11.1 Å². The second-order valence-corrected chi connectivity index (χ2v) is 4.50. The van der Waals surface area contributed by atoms with Crippen LogP contribution in [0, 0.1) is 6.92 Å². The lowest BCUT2D eigenvalue weighted by molar-refractivity contribution is -0.132. The molecule has 1 amide bonds. The number of nitrogens with one attached hydrogen (secondary N) is 1. The molecular formula is C9H11F3N2OS. The summed E-state index contributed by atoms with van der Waals surface area (Å²) in [5.74, 6) is -0.519. The lowest BCUT2D eigenvalue weighted by atomic mass is 10.3. The Balaban J connectivity index is 2.47. The highest BCUT2D eigenvalue weighted by molar-refractivity contribution is 7.14. The number of amides is 1. The van der Waals surface area contributed by atoms with Crippen LogP contribution >= 0.6 is 11.3 Å². The summed E-state index contributed by atoms with van der Waals surface area (Å²) in [6.07, 6.45) is -5.28. The first-order valence-corrected chi connectivity index (χ1v) is 5.32. The average molecular weight is 252 g/mol. The van der Waals surface area contributed by atoms with Crippen molar-refractivity contribution in [3.63, 3.8) is 0 Å². The Morgan fingerprint density at radius 1 is 1.56 bits per heavy atom. The zero-order valence-electron chi connectivity index (χ0n) is 8.52. The third kappa shape index (κ3) is 3.73. The van der Waals surface area contributed by atoms with Crippen LogP contribution in [0.1, 0.15) is 21.0 Å². The minimum absolute atomic E-state index is 0.331. The van der Waals surface area contributed by atoms with Crippen molar-refractivity contribution >= 4 is 22.9 Å². The minimum atomic E-state index is -4.25. The molecule has 90 valence electrons. The van der Waals surface area contributed by atoms with Crippen LogP contribution in [0.25, 0.3) is 0 Å². The largest absolute Gasteiger partial charge is 0.398 e. The smallest absolute Gasteiger partial charge is 0.390 e. The molecule has 0 atom stereocenters. The van der Waals surface area contributed by atoms with E-state index < -0.39 is 25.0 Å². The molecule has 0 spiro atoms. The Labute approximate surface area is 94.4 Å². The van der Waals surface area contributed by atoms with Gasteiger partial charge in [-0.2, -0.15) is 13.2 Å². The van der Waals surface area contributed by atoms with E-state index in [1.807, 2.05) is 0 Å². The van der Waals surface area contributed by atoms with Gasteiger partial charge in [0.15, 0.2) is 0 Å². The van der Waals surface area contributed by atoms with Crippen molar-refractivity contribution in [1.82, 2.24) is 5.32 Å². The van der Waals surface area contributed by atoms with E-state index in [0.717, 1.165) is 16.2 Å². The molecule has 0 aliphatic rings. The monoisotopic (exact) mass is 252 g/mol. The van der Waals surface area contributed by atoms with Crippen LogP contribution in [0.2, 0.25) is 0 Å². The van der Waals surface area contributed by atoms with Crippen molar-refractivity contribution in [2.45, 2.75) is 19.5 Å². The summed E-state index contributed by atoms with van der Waals surface area (Å²) in [5, 5.41) is 2.19. The molecule has 0 saturated heterocycles. The number of alkyl halides is 3. The first-order chi connectivity index (χ1) is 7.29. The van der Waals surface area contributed by atoms with E-state index in [2.05, 4.69) is 5.32 Å².